The van der Waals surface area contributed by atoms with Crippen LogP contribution in [-0.4, -0.2) is 32.5 Å². The summed E-state index contributed by atoms with van der Waals surface area (Å²) in [6.45, 7) is 4.34. The highest BCUT2D eigenvalue weighted by Crippen LogP contribution is 2.28. The number of thioether (sulfide) groups is 1. The molecule has 1 heterocycles. The molecule has 4 rings (SSSR count). The van der Waals surface area contributed by atoms with E-state index in [9.17, 15) is 9.18 Å². The van der Waals surface area contributed by atoms with Crippen LogP contribution in [0.3, 0.4) is 0 Å². The molecule has 8 heteroatoms. The zero-order valence-electron chi connectivity index (χ0n) is 17.7. The third-order valence-corrected chi connectivity index (χ3v) is 6.17. The van der Waals surface area contributed by atoms with Gasteiger partial charge in [-0.25, -0.2) is 4.39 Å². The summed E-state index contributed by atoms with van der Waals surface area (Å²) < 4.78 is 21.0. The summed E-state index contributed by atoms with van der Waals surface area (Å²) in [5.74, 6) is 1.17. The highest BCUT2D eigenvalue weighted by atomic mass is 32.2. The molecule has 1 aromatic heterocycles. The Hall–Kier alpha value is -3.13. The number of ether oxygens (including phenoxy) is 1. The summed E-state index contributed by atoms with van der Waals surface area (Å²) >= 11 is 1.29. The molecule has 0 aliphatic heterocycles. The molecule has 2 aromatic carbocycles. The van der Waals surface area contributed by atoms with Crippen LogP contribution in [0.25, 0.3) is 11.4 Å². The number of amides is 1. The molecular formula is C24H25FN4O2S. The van der Waals surface area contributed by atoms with Gasteiger partial charge in [-0.15, -0.1) is 16.8 Å². The molecule has 6 nitrogen and oxygen atoms in total. The molecule has 1 fully saturated rings. The molecule has 1 saturated carbocycles. The summed E-state index contributed by atoms with van der Waals surface area (Å²) in [7, 11) is 0. The maximum Gasteiger partial charge on any atom is 0.234 e. The summed E-state index contributed by atoms with van der Waals surface area (Å²) in [5, 5.41) is 12.0. The number of aromatic nitrogens is 3. The number of hydrogen-bond acceptors (Lipinski definition) is 5. The minimum atomic E-state index is -0.347. The third kappa shape index (κ3) is 5.56. The molecule has 3 aromatic rings. The van der Waals surface area contributed by atoms with Crippen LogP contribution in [0.2, 0.25) is 0 Å². The molecular weight excluding hydrogens is 427 g/mol. The number of carbonyl (C=O) groups excluding carboxylic acids is 1. The van der Waals surface area contributed by atoms with Crippen LogP contribution >= 0.6 is 11.8 Å². The second-order valence-electron chi connectivity index (χ2n) is 7.60. The van der Waals surface area contributed by atoms with Crippen molar-refractivity contribution in [1.29, 1.82) is 0 Å². The van der Waals surface area contributed by atoms with Gasteiger partial charge in [-0.1, -0.05) is 17.8 Å². The third-order valence-electron chi connectivity index (χ3n) is 5.21. The minimum Gasteiger partial charge on any atom is -0.490 e. The van der Waals surface area contributed by atoms with E-state index in [-0.39, 0.29) is 17.5 Å². The van der Waals surface area contributed by atoms with E-state index < -0.39 is 0 Å². The van der Waals surface area contributed by atoms with Crippen LogP contribution in [-0.2, 0) is 11.3 Å². The molecule has 0 spiro atoms. The molecule has 0 saturated heterocycles. The van der Waals surface area contributed by atoms with Crippen LogP contribution in [0.5, 0.6) is 5.75 Å². The van der Waals surface area contributed by atoms with Crippen LogP contribution in [0, 0.1) is 5.82 Å². The van der Waals surface area contributed by atoms with Crippen molar-refractivity contribution in [2.75, 3.05) is 11.1 Å². The molecule has 32 heavy (non-hydrogen) atoms. The maximum absolute atomic E-state index is 13.0. The molecule has 1 aliphatic carbocycles. The molecule has 1 N–H and O–H groups in total. The lowest BCUT2D eigenvalue weighted by Crippen LogP contribution is -2.14. The van der Waals surface area contributed by atoms with Crippen molar-refractivity contribution in [3.63, 3.8) is 0 Å². The van der Waals surface area contributed by atoms with E-state index in [1.54, 1.807) is 6.08 Å². The first-order valence-electron chi connectivity index (χ1n) is 10.6. The fraction of sp³-hybridized carbons (Fsp3) is 0.292. The number of anilines is 1. The van der Waals surface area contributed by atoms with E-state index >= 15 is 0 Å². The Morgan fingerprint density at radius 3 is 2.56 bits per heavy atom. The minimum absolute atomic E-state index is 0.154. The average Bonchev–Trinajstić information content (AvgIpc) is 3.45. The van der Waals surface area contributed by atoms with Crippen molar-refractivity contribution in [3.05, 3.63) is 67.0 Å². The Balaban J connectivity index is 1.41. The topological polar surface area (TPSA) is 69.0 Å². The first-order chi connectivity index (χ1) is 15.6. The fourth-order valence-electron chi connectivity index (χ4n) is 3.64. The van der Waals surface area contributed by atoms with Crippen molar-refractivity contribution >= 4 is 23.4 Å². The Morgan fingerprint density at radius 1 is 1.16 bits per heavy atom. The second-order valence-corrected chi connectivity index (χ2v) is 8.54. The monoisotopic (exact) mass is 452 g/mol. The molecule has 0 radical (unpaired) electrons. The number of carbonyl (C=O) groups is 1. The quantitative estimate of drug-likeness (QED) is 0.351. The van der Waals surface area contributed by atoms with Gasteiger partial charge in [0.15, 0.2) is 11.0 Å². The smallest absolute Gasteiger partial charge is 0.234 e. The highest BCUT2D eigenvalue weighted by molar-refractivity contribution is 7.99. The van der Waals surface area contributed by atoms with Gasteiger partial charge in [0.1, 0.15) is 11.6 Å². The standard InChI is InChI=1S/C24H25FN4O2S/c1-2-15-29-23(17-7-13-21(14-8-17)31-20-5-3-4-6-20)27-28-24(29)32-16-22(30)26-19-11-9-18(25)10-12-19/h2,7-14,20H,1,3-6,15-16H2,(H,26,30). The lowest BCUT2D eigenvalue weighted by atomic mass is 10.2. The van der Waals surface area contributed by atoms with E-state index in [0.717, 1.165) is 24.2 Å². The highest BCUT2D eigenvalue weighted by Gasteiger charge is 2.18. The predicted molar refractivity (Wildman–Crippen MR) is 124 cm³/mol. The van der Waals surface area contributed by atoms with E-state index in [2.05, 4.69) is 22.1 Å². The SMILES string of the molecule is C=CCn1c(SCC(=O)Nc2ccc(F)cc2)nnc1-c1ccc(OC2CCCC2)cc1. The van der Waals surface area contributed by atoms with Gasteiger partial charge < -0.3 is 10.1 Å². The van der Waals surface area contributed by atoms with E-state index in [0.29, 0.717) is 29.3 Å². The van der Waals surface area contributed by atoms with Gasteiger partial charge >= 0.3 is 0 Å². The van der Waals surface area contributed by atoms with Crippen molar-refractivity contribution in [1.82, 2.24) is 14.8 Å². The largest absolute Gasteiger partial charge is 0.490 e. The van der Waals surface area contributed by atoms with E-state index in [1.807, 2.05) is 28.8 Å². The number of allylic oxidation sites excluding steroid dienone is 1. The van der Waals surface area contributed by atoms with Gasteiger partial charge in [0.25, 0.3) is 0 Å². The van der Waals surface area contributed by atoms with Gasteiger partial charge in [-0.3, -0.25) is 9.36 Å². The summed E-state index contributed by atoms with van der Waals surface area (Å²) in [5.41, 5.74) is 1.46. The molecule has 166 valence electrons. The number of nitrogens with zero attached hydrogens (tertiary/aromatic N) is 3. The van der Waals surface area contributed by atoms with Crippen molar-refractivity contribution in [2.45, 2.75) is 43.5 Å². The van der Waals surface area contributed by atoms with E-state index in [1.165, 1.54) is 48.9 Å². The second kappa shape index (κ2) is 10.5. The van der Waals surface area contributed by atoms with Crippen LogP contribution in [0.15, 0.2) is 66.3 Å². The van der Waals surface area contributed by atoms with Gasteiger partial charge in [0.2, 0.25) is 5.91 Å². The maximum atomic E-state index is 13.0. The van der Waals surface area contributed by atoms with Crippen LogP contribution in [0.4, 0.5) is 10.1 Å². The number of rotatable bonds is 9. The lowest BCUT2D eigenvalue weighted by molar-refractivity contribution is -0.113. The normalized spacial score (nSPS) is 13.8. The van der Waals surface area contributed by atoms with Crippen molar-refractivity contribution in [2.24, 2.45) is 0 Å². The molecule has 1 aliphatic rings. The first kappa shape index (κ1) is 22.1. The van der Waals surface area contributed by atoms with E-state index in [4.69, 9.17) is 4.74 Å². The lowest BCUT2D eigenvalue weighted by Gasteiger charge is -2.13. The summed E-state index contributed by atoms with van der Waals surface area (Å²) in [6, 6.07) is 13.5. The zero-order valence-corrected chi connectivity index (χ0v) is 18.5. The predicted octanol–water partition coefficient (Wildman–Crippen LogP) is 5.32. The number of nitrogens with one attached hydrogen (secondary N) is 1. The Morgan fingerprint density at radius 2 is 1.88 bits per heavy atom. The zero-order chi connectivity index (χ0) is 22.3. The Bertz CT molecular complexity index is 1060. The van der Waals surface area contributed by atoms with Crippen LogP contribution in [0.1, 0.15) is 25.7 Å². The van der Waals surface area contributed by atoms with Crippen molar-refractivity contribution < 1.29 is 13.9 Å². The van der Waals surface area contributed by atoms with Gasteiger partial charge in [-0.05, 0) is 74.2 Å². The molecule has 1 amide bonds. The summed E-state index contributed by atoms with van der Waals surface area (Å²) in [6.07, 6.45) is 6.78. The van der Waals surface area contributed by atoms with Gasteiger partial charge in [0.05, 0.1) is 11.9 Å². The van der Waals surface area contributed by atoms with Gasteiger partial charge in [0, 0.05) is 17.8 Å². The number of benzene rings is 2. The molecule has 0 bridgehead atoms. The molecule has 0 atom stereocenters. The number of halogens is 1. The fourth-order valence-corrected chi connectivity index (χ4v) is 4.39. The first-order valence-corrected chi connectivity index (χ1v) is 11.6. The van der Waals surface area contributed by atoms with Crippen LogP contribution < -0.4 is 10.1 Å². The molecule has 0 unspecified atom stereocenters. The Kier molecular flexibility index (Phi) is 7.21. The van der Waals surface area contributed by atoms with Crippen molar-refractivity contribution in [3.8, 4) is 17.1 Å². The number of hydrogen-bond donors (Lipinski definition) is 1. The Labute approximate surface area is 190 Å². The average molecular weight is 453 g/mol. The summed E-state index contributed by atoms with van der Waals surface area (Å²) in [4.78, 5) is 12.3. The van der Waals surface area contributed by atoms with Gasteiger partial charge in [-0.2, -0.15) is 0 Å².